The van der Waals surface area contributed by atoms with Gasteiger partial charge in [-0.2, -0.15) is 5.10 Å². The second-order valence-corrected chi connectivity index (χ2v) is 5.56. The van der Waals surface area contributed by atoms with Crippen molar-refractivity contribution in [1.82, 2.24) is 14.6 Å². The van der Waals surface area contributed by atoms with Crippen molar-refractivity contribution in [1.29, 1.82) is 0 Å². The van der Waals surface area contributed by atoms with Crippen molar-refractivity contribution < 1.29 is 0 Å². The van der Waals surface area contributed by atoms with Crippen LogP contribution in [0.25, 0.3) is 16.1 Å². The van der Waals surface area contributed by atoms with Crippen molar-refractivity contribution in [3.63, 3.8) is 0 Å². The zero-order valence-corrected chi connectivity index (χ0v) is 11.9. The van der Waals surface area contributed by atoms with E-state index >= 15 is 0 Å². The van der Waals surface area contributed by atoms with Gasteiger partial charge in [0.05, 0.1) is 11.8 Å². The quantitative estimate of drug-likeness (QED) is 0.615. The van der Waals surface area contributed by atoms with E-state index in [1.54, 1.807) is 15.9 Å². The summed E-state index contributed by atoms with van der Waals surface area (Å²) in [5.74, 6) is 0.812. The lowest BCUT2D eigenvalue weighted by molar-refractivity contribution is 0.941. The molecule has 5 heteroatoms. The van der Waals surface area contributed by atoms with Gasteiger partial charge in [-0.1, -0.05) is 24.3 Å². The Morgan fingerprint density at radius 3 is 2.71 bits per heavy atom. The van der Waals surface area contributed by atoms with Gasteiger partial charge in [0.1, 0.15) is 5.82 Å². The highest BCUT2D eigenvalue weighted by Gasteiger charge is 2.09. The zero-order valence-electron chi connectivity index (χ0n) is 11.1. The first-order chi connectivity index (χ1) is 10.4. The lowest BCUT2D eigenvalue weighted by atomic mass is 10.3. The predicted molar refractivity (Wildman–Crippen MR) is 86.0 cm³/mol. The fraction of sp³-hybridized carbons (Fsp3) is 0. The van der Waals surface area contributed by atoms with Gasteiger partial charge in [0, 0.05) is 16.8 Å². The molecular weight excluding hydrogens is 280 g/mol. The van der Waals surface area contributed by atoms with Gasteiger partial charge in [0.15, 0.2) is 5.65 Å². The molecular formula is C16H12N4S. The van der Waals surface area contributed by atoms with E-state index in [9.17, 15) is 0 Å². The van der Waals surface area contributed by atoms with E-state index in [1.807, 2.05) is 54.9 Å². The number of thiophene rings is 1. The molecule has 4 rings (SSSR count). The minimum absolute atomic E-state index is 0.812. The average Bonchev–Trinajstić information content (AvgIpc) is 3.16. The Balaban J connectivity index is 1.77. The van der Waals surface area contributed by atoms with E-state index in [-0.39, 0.29) is 0 Å². The summed E-state index contributed by atoms with van der Waals surface area (Å²) >= 11 is 1.69. The molecule has 0 saturated heterocycles. The largest absolute Gasteiger partial charge is 0.340 e. The highest BCUT2D eigenvalue weighted by molar-refractivity contribution is 7.13. The van der Waals surface area contributed by atoms with Crippen LogP contribution in [0.1, 0.15) is 0 Å². The van der Waals surface area contributed by atoms with E-state index < -0.39 is 0 Å². The van der Waals surface area contributed by atoms with Gasteiger partial charge in [-0.25, -0.2) is 9.50 Å². The number of benzene rings is 1. The van der Waals surface area contributed by atoms with E-state index in [0.717, 1.165) is 22.7 Å². The molecule has 0 aliphatic rings. The second kappa shape index (κ2) is 5.03. The Kier molecular flexibility index (Phi) is 2.90. The van der Waals surface area contributed by atoms with Crippen molar-refractivity contribution in [2.75, 3.05) is 5.32 Å². The molecule has 0 amide bonds. The van der Waals surface area contributed by atoms with Crippen LogP contribution >= 0.6 is 11.3 Å². The van der Waals surface area contributed by atoms with Crippen LogP contribution in [0.4, 0.5) is 11.5 Å². The molecule has 1 aromatic carbocycles. The van der Waals surface area contributed by atoms with Crippen molar-refractivity contribution in [2.24, 2.45) is 0 Å². The number of hydrogen-bond acceptors (Lipinski definition) is 4. The molecule has 0 unspecified atom stereocenters. The minimum Gasteiger partial charge on any atom is -0.340 e. The molecule has 21 heavy (non-hydrogen) atoms. The first kappa shape index (κ1) is 12.1. The first-order valence-corrected chi connectivity index (χ1v) is 7.48. The maximum Gasteiger partial charge on any atom is 0.165 e. The van der Waals surface area contributed by atoms with Crippen molar-refractivity contribution in [2.45, 2.75) is 0 Å². The summed E-state index contributed by atoms with van der Waals surface area (Å²) in [6.45, 7) is 0. The summed E-state index contributed by atoms with van der Waals surface area (Å²) in [6, 6.07) is 16.1. The van der Waals surface area contributed by atoms with Crippen LogP contribution in [0.3, 0.4) is 0 Å². The third-order valence-electron chi connectivity index (χ3n) is 3.20. The molecule has 4 aromatic rings. The molecule has 1 N–H and O–H groups in total. The van der Waals surface area contributed by atoms with E-state index in [1.165, 1.54) is 4.88 Å². The molecule has 0 aliphatic carbocycles. The molecule has 3 aromatic heterocycles. The van der Waals surface area contributed by atoms with Crippen LogP contribution in [0, 0.1) is 0 Å². The maximum atomic E-state index is 4.68. The van der Waals surface area contributed by atoms with E-state index in [2.05, 4.69) is 26.8 Å². The Morgan fingerprint density at radius 1 is 1.00 bits per heavy atom. The van der Waals surface area contributed by atoms with E-state index in [0.29, 0.717) is 0 Å². The van der Waals surface area contributed by atoms with Gasteiger partial charge < -0.3 is 5.32 Å². The molecule has 0 saturated carbocycles. The summed E-state index contributed by atoms with van der Waals surface area (Å²) in [6.07, 6.45) is 3.78. The molecule has 4 nitrogen and oxygen atoms in total. The number of rotatable bonds is 3. The van der Waals surface area contributed by atoms with Gasteiger partial charge in [-0.05, 0) is 29.6 Å². The molecule has 3 heterocycles. The normalized spacial score (nSPS) is 10.9. The van der Waals surface area contributed by atoms with Crippen LogP contribution in [-0.4, -0.2) is 14.6 Å². The maximum absolute atomic E-state index is 4.68. The first-order valence-electron chi connectivity index (χ1n) is 6.60. The predicted octanol–water partition coefficient (Wildman–Crippen LogP) is 4.20. The number of anilines is 2. The molecule has 0 atom stereocenters. The summed E-state index contributed by atoms with van der Waals surface area (Å²) in [7, 11) is 0. The van der Waals surface area contributed by atoms with Gasteiger partial charge in [0.25, 0.3) is 0 Å². The molecule has 0 bridgehead atoms. The Labute approximate surface area is 125 Å². The molecule has 0 radical (unpaired) electrons. The Hall–Kier alpha value is -2.66. The number of aromatic nitrogens is 3. The molecule has 102 valence electrons. The number of nitrogens with one attached hydrogen (secondary N) is 1. The highest BCUT2D eigenvalue weighted by Crippen LogP contribution is 2.28. The van der Waals surface area contributed by atoms with E-state index in [4.69, 9.17) is 0 Å². The minimum atomic E-state index is 0.812. The Morgan fingerprint density at radius 2 is 1.90 bits per heavy atom. The van der Waals surface area contributed by atoms with Crippen molar-refractivity contribution >= 4 is 28.5 Å². The van der Waals surface area contributed by atoms with Gasteiger partial charge in [-0.15, -0.1) is 11.3 Å². The van der Waals surface area contributed by atoms with Gasteiger partial charge >= 0.3 is 0 Å². The van der Waals surface area contributed by atoms with Crippen LogP contribution in [0.15, 0.2) is 66.3 Å². The van der Waals surface area contributed by atoms with Crippen LogP contribution in [0.5, 0.6) is 0 Å². The summed E-state index contributed by atoms with van der Waals surface area (Å²) in [5.41, 5.74) is 2.94. The summed E-state index contributed by atoms with van der Waals surface area (Å²) in [4.78, 5) is 5.86. The topological polar surface area (TPSA) is 42.2 Å². The highest BCUT2D eigenvalue weighted by atomic mass is 32.1. The van der Waals surface area contributed by atoms with Gasteiger partial charge in [-0.3, -0.25) is 0 Å². The van der Waals surface area contributed by atoms with Crippen molar-refractivity contribution in [3.8, 4) is 10.4 Å². The third-order valence-corrected chi connectivity index (χ3v) is 4.11. The number of hydrogen-bond donors (Lipinski definition) is 1. The van der Waals surface area contributed by atoms with Gasteiger partial charge in [0.2, 0.25) is 0 Å². The molecule has 0 fully saturated rings. The number of para-hydroxylation sites is 1. The summed E-state index contributed by atoms with van der Waals surface area (Å²) in [5, 5.41) is 9.73. The number of fused-ring (bicyclic) bond motifs is 1. The SMILES string of the molecule is c1ccc(Nc2ccn3ncc(-c4cccs4)c3n2)cc1. The standard InChI is InChI=1S/C16H12N4S/c1-2-5-12(6-3-1)18-15-8-9-20-16(19-15)13(11-17-20)14-7-4-10-21-14/h1-11H,(H,18,19). The Bertz CT molecular complexity index is 866. The molecule has 0 spiro atoms. The zero-order chi connectivity index (χ0) is 14.1. The third kappa shape index (κ3) is 2.28. The second-order valence-electron chi connectivity index (χ2n) is 4.61. The van der Waals surface area contributed by atoms with Crippen LogP contribution in [-0.2, 0) is 0 Å². The lowest BCUT2D eigenvalue weighted by Crippen LogP contribution is -1.96. The monoisotopic (exact) mass is 292 g/mol. The fourth-order valence-corrected chi connectivity index (χ4v) is 2.95. The van der Waals surface area contributed by atoms with Crippen molar-refractivity contribution in [3.05, 3.63) is 66.3 Å². The van der Waals surface area contributed by atoms with Crippen LogP contribution < -0.4 is 5.32 Å². The smallest absolute Gasteiger partial charge is 0.165 e. The lowest BCUT2D eigenvalue weighted by Gasteiger charge is -2.05. The molecule has 0 aliphatic heterocycles. The number of nitrogens with zero attached hydrogens (tertiary/aromatic N) is 3. The fourth-order valence-electron chi connectivity index (χ4n) is 2.21. The summed E-state index contributed by atoms with van der Waals surface area (Å²) < 4.78 is 1.80. The average molecular weight is 292 g/mol. The van der Waals surface area contributed by atoms with Crippen LogP contribution in [0.2, 0.25) is 0 Å².